The van der Waals surface area contributed by atoms with Gasteiger partial charge in [0.05, 0.1) is 0 Å². The molecule has 8 heterocycles. The summed E-state index contributed by atoms with van der Waals surface area (Å²) in [5.74, 6) is 6.99. The Morgan fingerprint density at radius 2 is 0.414 bits per heavy atom. The molecule has 0 saturated carbocycles. The van der Waals surface area contributed by atoms with E-state index in [1.165, 1.54) is 188 Å². The van der Waals surface area contributed by atoms with Crippen molar-refractivity contribution in [2.24, 2.45) is 41.4 Å². The first-order valence-corrected chi connectivity index (χ1v) is 39.6. The van der Waals surface area contributed by atoms with Crippen molar-refractivity contribution >= 4 is 23.6 Å². The maximum absolute atomic E-state index is 11.0. The van der Waals surface area contributed by atoms with Crippen molar-refractivity contribution in [2.45, 2.75) is 383 Å². The SMILES string of the molecule is C.C.C.C.C.C.C.C.CC.CC.CC.CC.CC.CC.CC.CC.CC(=O)N1CCC(C)C1.CC(=O)N1CCCC(C)C1.CC(=O)N1CCCC(C)CC1.CC(=O)N1CCCCC1.CCN1CCC(C)C1.CCN1CCC(C)CC1.CCN1CCCC(C)C1.CCN1CCCC(C)CC1. The number of amides is 4. The second kappa shape index (κ2) is 102. The number of likely N-dealkylation sites (tertiary alicyclic amines) is 8. The molecule has 0 aliphatic carbocycles. The van der Waals surface area contributed by atoms with Gasteiger partial charge in [0.2, 0.25) is 23.6 Å². The van der Waals surface area contributed by atoms with Crippen LogP contribution in [0.4, 0.5) is 0 Å². The molecule has 618 valence electrons. The van der Waals surface area contributed by atoms with Crippen LogP contribution in [0.5, 0.6) is 0 Å². The lowest BCUT2D eigenvalue weighted by Crippen LogP contribution is -2.37. The van der Waals surface area contributed by atoms with Gasteiger partial charge in [0, 0.05) is 93.1 Å². The lowest BCUT2D eigenvalue weighted by Gasteiger charge is -2.29. The van der Waals surface area contributed by atoms with Gasteiger partial charge in [-0.05, 0) is 216 Å². The summed E-state index contributed by atoms with van der Waals surface area (Å²) >= 11 is 0. The van der Waals surface area contributed by atoms with E-state index in [1.807, 2.05) is 130 Å². The third-order valence-electron chi connectivity index (χ3n) is 17.3. The summed E-state index contributed by atoms with van der Waals surface area (Å²) in [5.41, 5.74) is 0. The minimum absolute atomic E-state index is 0. The van der Waals surface area contributed by atoms with Gasteiger partial charge in [-0.25, -0.2) is 0 Å². The van der Waals surface area contributed by atoms with E-state index >= 15 is 0 Å². The van der Waals surface area contributed by atoms with Gasteiger partial charge in [-0.1, -0.05) is 246 Å². The first kappa shape index (κ1) is 136. The molecule has 0 aromatic rings. The maximum atomic E-state index is 11.0. The van der Waals surface area contributed by atoms with Gasteiger partial charge >= 0.3 is 0 Å². The predicted octanol–water partition coefficient (Wildman–Crippen LogP) is 25.1. The molecule has 12 nitrogen and oxygen atoms in total. The third kappa shape index (κ3) is 84.5. The molecule has 8 aliphatic heterocycles. The van der Waals surface area contributed by atoms with E-state index in [-0.39, 0.29) is 83.0 Å². The van der Waals surface area contributed by atoms with Crippen molar-refractivity contribution in [3.05, 3.63) is 0 Å². The quantitative estimate of drug-likeness (QED) is 0.275. The average Bonchev–Trinajstić information content (AvgIpc) is 1.51. The Morgan fingerprint density at radius 1 is 0.222 bits per heavy atom. The normalized spacial score (nSPS) is 21.0. The fraction of sp³-hybridized carbons (Fsp3) is 0.954. The molecule has 4 amide bonds. The molecule has 12 heteroatoms. The van der Waals surface area contributed by atoms with Crippen LogP contribution in [0, 0.1) is 41.4 Å². The van der Waals surface area contributed by atoms with Gasteiger partial charge in [-0.2, -0.15) is 0 Å². The summed E-state index contributed by atoms with van der Waals surface area (Å²) in [7, 11) is 0. The van der Waals surface area contributed by atoms with Crippen LogP contribution in [-0.4, -0.2) is 194 Å². The Kier molecular flexibility index (Phi) is 140. The molecule has 8 aliphatic rings. The van der Waals surface area contributed by atoms with E-state index in [4.69, 9.17) is 0 Å². The maximum Gasteiger partial charge on any atom is 0.219 e. The van der Waals surface area contributed by atoms with Crippen LogP contribution in [0.3, 0.4) is 0 Å². The van der Waals surface area contributed by atoms with Crippen LogP contribution in [0.1, 0.15) is 383 Å². The van der Waals surface area contributed by atoms with Crippen molar-refractivity contribution in [1.82, 2.24) is 39.2 Å². The number of nitrogens with zero attached hydrogens (tertiary/aromatic N) is 8. The number of piperidine rings is 4. The third-order valence-corrected chi connectivity index (χ3v) is 17.3. The van der Waals surface area contributed by atoms with Gasteiger partial charge < -0.3 is 39.2 Å². The van der Waals surface area contributed by atoms with E-state index < -0.39 is 0 Å². The van der Waals surface area contributed by atoms with Gasteiger partial charge in [0.15, 0.2) is 0 Å². The van der Waals surface area contributed by atoms with Crippen LogP contribution in [0.2, 0.25) is 0 Å². The van der Waals surface area contributed by atoms with Crippen molar-refractivity contribution in [2.75, 3.05) is 131 Å². The molecule has 0 bridgehead atoms. The van der Waals surface area contributed by atoms with Gasteiger partial charge in [-0.3, -0.25) is 19.2 Å². The summed E-state index contributed by atoms with van der Waals surface area (Å²) in [6.45, 7) is 87.0. The van der Waals surface area contributed by atoms with Crippen LogP contribution < -0.4 is 0 Å². The molecule has 0 spiro atoms. The van der Waals surface area contributed by atoms with Gasteiger partial charge in [-0.15, -0.1) is 0 Å². The Hall–Kier alpha value is -2.28. The van der Waals surface area contributed by atoms with E-state index in [2.05, 4.69) is 95.8 Å². The van der Waals surface area contributed by atoms with Crippen LogP contribution in [-0.2, 0) is 19.2 Å². The van der Waals surface area contributed by atoms with Crippen LogP contribution in [0.15, 0.2) is 0 Å². The standard InChI is InChI=1S/C9H17NO.C9H19N.C8H15NO.2C8H17N.2C7H13NO.C7H15N.8C2H6.8CH4/c1-8-4-3-6-10(7-5-8)9(2)11;1-3-10-7-4-5-9(2)6-8-10;1-7-4-3-5-9(6-7)8(2)10;1-3-9-6-4-8(2)5-7-9;1-3-9-6-4-5-8(2)7-9;1-6-3-4-8(5-6)7(2)9;1-7(9)8-5-3-2-4-6-8;1-3-8-5-4-7(2)6-8;8*1-2;;;;;;;;/h8H,3-7H2,1-2H3;9H,3-8H2,1-2H3;7H,3-6H2,1-2H3;2*8H,3-7H2,1-2H3;6H,3-5H2,1-2H3;2-6H2,1H3;7H,3-6H2,1-2H3;8*1-2H3;8*1H4. The zero-order chi connectivity index (χ0) is 72.1. The molecule has 8 saturated heterocycles. The highest BCUT2D eigenvalue weighted by molar-refractivity contribution is 5.74. The zero-order valence-corrected chi connectivity index (χ0v) is 68.4. The van der Waals surface area contributed by atoms with Crippen molar-refractivity contribution < 1.29 is 19.2 Å². The molecule has 99 heavy (non-hydrogen) atoms. The fourth-order valence-corrected chi connectivity index (χ4v) is 11.4. The molecule has 0 aromatic heterocycles. The highest BCUT2D eigenvalue weighted by Gasteiger charge is 2.21. The Morgan fingerprint density at radius 3 is 0.677 bits per heavy atom. The van der Waals surface area contributed by atoms with Crippen molar-refractivity contribution in [1.29, 1.82) is 0 Å². The molecular formula is C87H206N8O4. The molecule has 8 rings (SSSR count). The van der Waals surface area contributed by atoms with E-state index in [0.717, 1.165) is 81.9 Å². The highest BCUT2D eigenvalue weighted by atomic mass is 16.2. The molecule has 0 aromatic carbocycles. The highest BCUT2D eigenvalue weighted by Crippen LogP contribution is 2.20. The number of rotatable bonds is 4. The molecule has 8 fully saturated rings. The zero-order valence-electron chi connectivity index (χ0n) is 68.4. The summed E-state index contributed by atoms with van der Waals surface area (Å²) < 4.78 is 0. The van der Waals surface area contributed by atoms with Crippen molar-refractivity contribution in [3.8, 4) is 0 Å². The van der Waals surface area contributed by atoms with Gasteiger partial charge in [0.25, 0.3) is 0 Å². The van der Waals surface area contributed by atoms with Crippen LogP contribution >= 0.6 is 0 Å². The smallest absolute Gasteiger partial charge is 0.219 e. The first-order valence-electron chi connectivity index (χ1n) is 39.6. The Bertz CT molecular complexity index is 1450. The lowest BCUT2D eigenvalue weighted by molar-refractivity contribution is -0.131. The monoisotopic (exact) mass is 1430 g/mol. The number of hydrogen-bond acceptors (Lipinski definition) is 8. The molecule has 0 radical (unpaired) electrons. The summed E-state index contributed by atoms with van der Waals surface area (Å²) in [6, 6.07) is 0. The number of carbonyl (C=O) groups is 4. The second-order valence-corrected chi connectivity index (χ2v) is 24.7. The fourth-order valence-electron chi connectivity index (χ4n) is 11.4. The molecule has 6 unspecified atom stereocenters. The summed E-state index contributed by atoms with van der Waals surface area (Å²) in [6.07, 6.45) is 22.3. The second-order valence-electron chi connectivity index (χ2n) is 24.7. The largest absolute Gasteiger partial charge is 0.343 e. The Balaban J connectivity index is -0.0000000545. The average molecular weight is 1430 g/mol. The summed E-state index contributed by atoms with van der Waals surface area (Å²) in [4.78, 5) is 61.2. The predicted molar refractivity (Wildman–Crippen MR) is 465 cm³/mol. The Labute approximate surface area is 634 Å². The van der Waals surface area contributed by atoms with Gasteiger partial charge in [0.1, 0.15) is 0 Å². The topological polar surface area (TPSA) is 94.2 Å². The number of hydrogen-bond donors (Lipinski definition) is 0. The summed E-state index contributed by atoms with van der Waals surface area (Å²) in [5, 5.41) is 0. The molecular weight excluding hydrogens is 1220 g/mol. The minimum atomic E-state index is 0. The minimum Gasteiger partial charge on any atom is -0.343 e. The van der Waals surface area contributed by atoms with Crippen molar-refractivity contribution in [3.63, 3.8) is 0 Å². The first-order chi connectivity index (χ1) is 43.7. The lowest BCUT2D eigenvalue weighted by atomic mass is 9.99. The van der Waals surface area contributed by atoms with Crippen LogP contribution in [0.25, 0.3) is 0 Å². The van der Waals surface area contributed by atoms with E-state index in [9.17, 15) is 19.2 Å². The molecule has 0 N–H and O–H groups in total. The number of carbonyl (C=O) groups excluding carboxylic acids is 4. The molecule has 6 atom stereocenters. The van der Waals surface area contributed by atoms with E-state index in [0.29, 0.717) is 11.8 Å². The van der Waals surface area contributed by atoms with E-state index in [1.54, 1.807) is 27.7 Å².